The summed E-state index contributed by atoms with van der Waals surface area (Å²) in [6.45, 7) is 1.55. The predicted molar refractivity (Wildman–Crippen MR) is 120 cm³/mol. The molecule has 0 N–H and O–H groups in total. The quantitative estimate of drug-likeness (QED) is 0.552. The van der Waals surface area contributed by atoms with Crippen molar-refractivity contribution < 1.29 is 14.2 Å². The van der Waals surface area contributed by atoms with Gasteiger partial charge in [0.15, 0.2) is 11.5 Å². The zero-order chi connectivity index (χ0) is 20.9. The highest BCUT2D eigenvalue weighted by Crippen LogP contribution is 2.39. The Labute approximate surface area is 179 Å². The number of likely N-dealkylation sites (N-methyl/N-ethyl adjacent to an activating group) is 1. The lowest BCUT2D eigenvalue weighted by Crippen LogP contribution is -2.33. The second-order valence-corrected chi connectivity index (χ2v) is 7.77. The largest absolute Gasteiger partial charge is 0.497 e. The Balaban J connectivity index is 1.61. The molecule has 0 aliphatic carbocycles. The first-order valence-corrected chi connectivity index (χ1v) is 10.4. The van der Waals surface area contributed by atoms with Crippen LogP contribution in [0.4, 0.5) is 0 Å². The summed E-state index contributed by atoms with van der Waals surface area (Å²) in [6.07, 6.45) is 1.96. The van der Waals surface area contributed by atoms with Gasteiger partial charge in [-0.05, 0) is 66.4 Å². The summed E-state index contributed by atoms with van der Waals surface area (Å²) in [4.78, 5) is 2.43. The molecule has 4 heteroatoms. The molecule has 0 spiro atoms. The second-order valence-electron chi connectivity index (χ2n) is 7.77. The van der Waals surface area contributed by atoms with Crippen molar-refractivity contribution in [1.29, 1.82) is 0 Å². The van der Waals surface area contributed by atoms with Gasteiger partial charge in [-0.15, -0.1) is 0 Å². The zero-order valence-corrected chi connectivity index (χ0v) is 17.9. The summed E-state index contributed by atoms with van der Waals surface area (Å²) in [5.74, 6) is 2.49. The van der Waals surface area contributed by atoms with E-state index in [0.717, 1.165) is 42.2 Å². The molecular formula is C26H29NO3. The standard InChI is InChI=1S/C26H29NO3/c1-27-14-13-21-16-25(29-3)26(30-18-20-7-5-4-6-8-20)17-23(21)24(27)15-19-9-11-22(28-2)12-10-19/h4-12,16-17,24H,13-15,18H2,1-3H3/t24-/m1/s1. The lowest BCUT2D eigenvalue weighted by Gasteiger charge is -2.35. The average Bonchev–Trinajstić information content (AvgIpc) is 2.80. The normalized spacial score (nSPS) is 16.0. The van der Waals surface area contributed by atoms with Crippen molar-refractivity contribution >= 4 is 0 Å². The van der Waals surface area contributed by atoms with Crippen LogP contribution in [0.3, 0.4) is 0 Å². The highest BCUT2D eigenvalue weighted by atomic mass is 16.5. The van der Waals surface area contributed by atoms with E-state index < -0.39 is 0 Å². The van der Waals surface area contributed by atoms with Crippen molar-refractivity contribution in [2.24, 2.45) is 0 Å². The highest BCUT2D eigenvalue weighted by Gasteiger charge is 2.27. The van der Waals surface area contributed by atoms with E-state index in [0.29, 0.717) is 12.6 Å². The van der Waals surface area contributed by atoms with E-state index in [1.165, 1.54) is 16.7 Å². The van der Waals surface area contributed by atoms with Crippen molar-refractivity contribution in [3.63, 3.8) is 0 Å². The number of fused-ring (bicyclic) bond motifs is 1. The summed E-state index contributed by atoms with van der Waals surface area (Å²) < 4.78 is 17.1. The van der Waals surface area contributed by atoms with Crippen LogP contribution in [0.15, 0.2) is 66.7 Å². The van der Waals surface area contributed by atoms with Gasteiger partial charge in [-0.1, -0.05) is 42.5 Å². The van der Waals surface area contributed by atoms with Crippen molar-refractivity contribution in [1.82, 2.24) is 4.90 Å². The molecule has 4 rings (SSSR count). The third-order valence-corrected chi connectivity index (χ3v) is 5.88. The molecule has 3 aromatic carbocycles. The molecule has 30 heavy (non-hydrogen) atoms. The number of methoxy groups -OCH3 is 2. The fourth-order valence-corrected chi connectivity index (χ4v) is 4.09. The number of benzene rings is 3. The zero-order valence-electron chi connectivity index (χ0n) is 17.9. The van der Waals surface area contributed by atoms with E-state index in [9.17, 15) is 0 Å². The predicted octanol–water partition coefficient (Wildman–Crippen LogP) is 5.05. The average molecular weight is 404 g/mol. The third kappa shape index (κ3) is 4.44. The van der Waals surface area contributed by atoms with E-state index in [1.54, 1.807) is 14.2 Å². The van der Waals surface area contributed by atoms with Gasteiger partial charge >= 0.3 is 0 Å². The van der Waals surface area contributed by atoms with Gasteiger partial charge < -0.3 is 14.2 Å². The van der Waals surface area contributed by atoms with E-state index in [2.05, 4.69) is 48.3 Å². The smallest absolute Gasteiger partial charge is 0.162 e. The maximum absolute atomic E-state index is 6.18. The van der Waals surface area contributed by atoms with Crippen molar-refractivity contribution in [3.8, 4) is 17.2 Å². The van der Waals surface area contributed by atoms with Crippen LogP contribution in [0.2, 0.25) is 0 Å². The van der Waals surface area contributed by atoms with E-state index in [1.807, 2.05) is 30.3 Å². The molecule has 1 atom stereocenters. The minimum Gasteiger partial charge on any atom is -0.497 e. The summed E-state index contributed by atoms with van der Waals surface area (Å²) >= 11 is 0. The Morgan fingerprint density at radius 3 is 2.33 bits per heavy atom. The van der Waals surface area contributed by atoms with Crippen LogP contribution in [0.1, 0.15) is 28.3 Å². The van der Waals surface area contributed by atoms with Crippen LogP contribution in [0.25, 0.3) is 0 Å². The maximum atomic E-state index is 6.18. The van der Waals surface area contributed by atoms with Gasteiger partial charge in [0, 0.05) is 12.6 Å². The molecular weight excluding hydrogens is 374 g/mol. The number of hydrogen-bond acceptors (Lipinski definition) is 4. The molecule has 156 valence electrons. The molecule has 4 nitrogen and oxygen atoms in total. The van der Waals surface area contributed by atoms with Gasteiger partial charge in [0.2, 0.25) is 0 Å². The fraction of sp³-hybridized carbons (Fsp3) is 0.308. The molecule has 3 aromatic rings. The first-order valence-electron chi connectivity index (χ1n) is 10.4. The minimum absolute atomic E-state index is 0.298. The molecule has 0 aromatic heterocycles. The van der Waals surface area contributed by atoms with Gasteiger partial charge in [-0.2, -0.15) is 0 Å². The molecule has 0 radical (unpaired) electrons. The molecule has 1 aliphatic rings. The van der Waals surface area contributed by atoms with E-state index in [-0.39, 0.29) is 0 Å². The summed E-state index contributed by atoms with van der Waals surface area (Å²) in [7, 11) is 5.61. The monoisotopic (exact) mass is 403 g/mol. The van der Waals surface area contributed by atoms with Crippen molar-refractivity contribution in [3.05, 3.63) is 89.0 Å². The van der Waals surface area contributed by atoms with Crippen LogP contribution in [0.5, 0.6) is 17.2 Å². The Morgan fingerprint density at radius 1 is 0.867 bits per heavy atom. The van der Waals surface area contributed by atoms with Gasteiger partial charge in [0.1, 0.15) is 12.4 Å². The van der Waals surface area contributed by atoms with Crippen molar-refractivity contribution in [2.75, 3.05) is 27.8 Å². The first kappa shape index (κ1) is 20.3. The van der Waals surface area contributed by atoms with E-state index in [4.69, 9.17) is 14.2 Å². The molecule has 0 amide bonds. The summed E-state index contributed by atoms with van der Waals surface area (Å²) in [6, 6.07) is 23.2. The molecule has 0 saturated carbocycles. The summed E-state index contributed by atoms with van der Waals surface area (Å²) in [5.41, 5.74) is 5.10. The highest BCUT2D eigenvalue weighted by molar-refractivity contribution is 5.50. The SMILES string of the molecule is COc1ccc(C[C@@H]2c3cc(OCc4ccccc4)c(OC)cc3CCN2C)cc1. The molecule has 1 heterocycles. The lowest BCUT2D eigenvalue weighted by atomic mass is 9.88. The minimum atomic E-state index is 0.298. The lowest BCUT2D eigenvalue weighted by molar-refractivity contribution is 0.226. The van der Waals surface area contributed by atoms with Gasteiger partial charge in [-0.3, -0.25) is 4.90 Å². The number of rotatable bonds is 7. The molecule has 0 bridgehead atoms. The van der Waals surface area contributed by atoms with Gasteiger partial charge in [-0.25, -0.2) is 0 Å². The van der Waals surface area contributed by atoms with Crippen molar-refractivity contribution in [2.45, 2.75) is 25.5 Å². The fourth-order valence-electron chi connectivity index (χ4n) is 4.09. The van der Waals surface area contributed by atoms with Crippen LogP contribution < -0.4 is 14.2 Å². The molecule has 1 aliphatic heterocycles. The molecule has 0 fully saturated rings. The Kier molecular flexibility index (Phi) is 6.24. The first-order chi connectivity index (χ1) is 14.7. The van der Waals surface area contributed by atoms with Crippen LogP contribution in [0, 0.1) is 0 Å². The second kappa shape index (κ2) is 9.23. The van der Waals surface area contributed by atoms with E-state index >= 15 is 0 Å². The van der Waals surface area contributed by atoms with Crippen LogP contribution >= 0.6 is 0 Å². The van der Waals surface area contributed by atoms with Crippen LogP contribution in [-0.2, 0) is 19.4 Å². The number of nitrogens with zero attached hydrogens (tertiary/aromatic N) is 1. The molecule has 0 saturated heterocycles. The third-order valence-electron chi connectivity index (χ3n) is 5.88. The number of ether oxygens (including phenoxy) is 3. The Morgan fingerprint density at radius 2 is 1.63 bits per heavy atom. The Bertz CT molecular complexity index is 970. The maximum Gasteiger partial charge on any atom is 0.162 e. The number of hydrogen-bond donors (Lipinski definition) is 0. The topological polar surface area (TPSA) is 30.9 Å². The summed E-state index contributed by atoms with van der Waals surface area (Å²) in [5, 5.41) is 0. The Hall–Kier alpha value is -2.98. The van der Waals surface area contributed by atoms with Crippen LogP contribution in [-0.4, -0.2) is 32.7 Å². The van der Waals surface area contributed by atoms with Gasteiger partial charge in [0.05, 0.1) is 14.2 Å². The van der Waals surface area contributed by atoms with Gasteiger partial charge in [0.25, 0.3) is 0 Å². The molecule has 0 unspecified atom stereocenters.